The minimum Gasteiger partial charge on any atom is -0.381 e. The third-order valence-electron chi connectivity index (χ3n) is 3.24. The molecule has 0 bridgehead atoms. The van der Waals surface area contributed by atoms with E-state index in [1.807, 2.05) is 0 Å². The van der Waals surface area contributed by atoms with Gasteiger partial charge in [0.15, 0.2) is 0 Å². The second-order valence-corrected chi connectivity index (χ2v) is 5.60. The number of nitro groups is 1. The van der Waals surface area contributed by atoms with Crippen LogP contribution in [-0.2, 0) is 4.74 Å². The van der Waals surface area contributed by atoms with E-state index in [1.54, 1.807) is 19.2 Å². The van der Waals surface area contributed by atoms with Gasteiger partial charge in [0.25, 0.3) is 5.69 Å². The number of halogens is 1. The third-order valence-corrected chi connectivity index (χ3v) is 4.13. The summed E-state index contributed by atoms with van der Waals surface area (Å²) in [5.74, 6) is 0. The SMILES string of the molecule is COC1CCC(Nc2ccc([N+](=O)[O-])cc2I)C1. The van der Waals surface area contributed by atoms with E-state index in [0.717, 1.165) is 28.5 Å². The summed E-state index contributed by atoms with van der Waals surface area (Å²) in [6.45, 7) is 0. The molecule has 2 atom stereocenters. The molecule has 1 aliphatic carbocycles. The van der Waals surface area contributed by atoms with Gasteiger partial charge in [-0.3, -0.25) is 10.1 Å². The van der Waals surface area contributed by atoms with Crippen molar-refractivity contribution in [1.29, 1.82) is 0 Å². The number of methoxy groups -OCH3 is 1. The Bertz CT molecular complexity index is 453. The molecule has 0 aliphatic heterocycles. The first-order valence-corrected chi connectivity index (χ1v) is 6.91. The summed E-state index contributed by atoms with van der Waals surface area (Å²) in [7, 11) is 1.74. The first-order valence-electron chi connectivity index (χ1n) is 5.83. The number of rotatable bonds is 4. The van der Waals surface area contributed by atoms with Crippen molar-refractivity contribution in [2.45, 2.75) is 31.4 Å². The number of hydrogen-bond acceptors (Lipinski definition) is 4. The topological polar surface area (TPSA) is 64.4 Å². The zero-order valence-electron chi connectivity index (χ0n) is 10.1. The summed E-state index contributed by atoms with van der Waals surface area (Å²) in [6, 6.07) is 5.30. The fourth-order valence-electron chi connectivity index (χ4n) is 2.24. The Morgan fingerprint density at radius 1 is 1.50 bits per heavy atom. The fraction of sp³-hybridized carbons (Fsp3) is 0.500. The van der Waals surface area contributed by atoms with Gasteiger partial charge in [0.05, 0.1) is 11.0 Å². The van der Waals surface area contributed by atoms with E-state index in [2.05, 4.69) is 27.9 Å². The molecule has 1 aromatic carbocycles. The van der Waals surface area contributed by atoms with Crippen molar-refractivity contribution < 1.29 is 9.66 Å². The number of hydrogen-bond donors (Lipinski definition) is 1. The van der Waals surface area contributed by atoms with Crippen LogP contribution in [0.5, 0.6) is 0 Å². The summed E-state index contributed by atoms with van der Waals surface area (Å²) < 4.78 is 6.21. The Hall–Kier alpha value is -0.890. The van der Waals surface area contributed by atoms with Crippen LogP contribution in [0.3, 0.4) is 0 Å². The van der Waals surface area contributed by atoms with E-state index in [-0.39, 0.29) is 10.6 Å². The van der Waals surface area contributed by atoms with Gasteiger partial charge < -0.3 is 10.1 Å². The molecule has 1 N–H and O–H groups in total. The van der Waals surface area contributed by atoms with Gasteiger partial charge in [0, 0.05) is 34.5 Å². The van der Waals surface area contributed by atoms with Gasteiger partial charge in [0.1, 0.15) is 0 Å². The lowest BCUT2D eigenvalue weighted by Crippen LogP contribution is -2.17. The van der Waals surface area contributed by atoms with Gasteiger partial charge in [0.2, 0.25) is 0 Å². The molecule has 0 aromatic heterocycles. The lowest BCUT2D eigenvalue weighted by atomic mass is 10.2. The summed E-state index contributed by atoms with van der Waals surface area (Å²) in [4.78, 5) is 10.3. The average molecular weight is 362 g/mol. The van der Waals surface area contributed by atoms with E-state index >= 15 is 0 Å². The molecular weight excluding hydrogens is 347 g/mol. The van der Waals surface area contributed by atoms with Crippen LogP contribution >= 0.6 is 22.6 Å². The predicted molar refractivity (Wildman–Crippen MR) is 77.9 cm³/mol. The van der Waals surface area contributed by atoms with Gasteiger partial charge in [-0.1, -0.05) is 0 Å². The summed E-state index contributed by atoms with van der Waals surface area (Å²) >= 11 is 2.12. The Balaban J connectivity index is 2.04. The smallest absolute Gasteiger partial charge is 0.270 e. The molecule has 5 nitrogen and oxygen atoms in total. The van der Waals surface area contributed by atoms with Gasteiger partial charge in [-0.05, 0) is 47.9 Å². The van der Waals surface area contributed by atoms with Crippen molar-refractivity contribution in [3.8, 4) is 0 Å². The Kier molecular flexibility index (Phi) is 4.39. The molecule has 1 fully saturated rings. The maximum atomic E-state index is 10.7. The standard InChI is InChI=1S/C12H15IN2O3/c1-18-10-4-2-8(6-10)14-12-5-3-9(15(16)17)7-11(12)13/h3,5,7-8,10,14H,2,4,6H2,1H3. The van der Waals surface area contributed by atoms with Crippen LogP contribution in [-0.4, -0.2) is 24.2 Å². The third kappa shape index (κ3) is 3.11. The lowest BCUT2D eigenvalue weighted by molar-refractivity contribution is -0.384. The van der Waals surface area contributed by atoms with Crippen LogP contribution in [0.15, 0.2) is 18.2 Å². The van der Waals surface area contributed by atoms with Crippen molar-refractivity contribution >= 4 is 34.0 Å². The van der Waals surface area contributed by atoms with Crippen LogP contribution in [0.25, 0.3) is 0 Å². The van der Waals surface area contributed by atoms with E-state index < -0.39 is 0 Å². The van der Waals surface area contributed by atoms with E-state index in [1.165, 1.54) is 6.07 Å². The lowest BCUT2D eigenvalue weighted by Gasteiger charge is -2.15. The van der Waals surface area contributed by atoms with Gasteiger partial charge in [-0.2, -0.15) is 0 Å². The first kappa shape index (κ1) is 13.5. The zero-order valence-corrected chi connectivity index (χ0v) is 12.2. The molecule has 2 unspecified atom stereocenters. The van der Waals surface area contributed by atoms with E-state index in [4.69, 9.17) is 4.74 Å². The van der Waals surface area contributed by atoms with Crippen molar-refractivity contribution in [3.05, 3.63) is 31.9 Å². The van der Waals surface area contributed by atoms with Crippen LogP contribution < -0.4 is 5.32 Å². The van der Waals surface area contributed by atoms with Gasteiger partial charge in [-0.25, -0.2) is 0 Å². The predicted octanol–water partition coefficient (Wildman–Crippen LogP) is 3.18. The number of anilines is 1. The molecule has 0 heterocycles. The highest BCUT2D eigenvalue weighted by Gasteiger charge is 2.24. The number of nitro benzene ring substituents is 1. The fourth-order valence-corrected chi connectivity index (χ4v) is 2.89. The van der Waals surface area contributed by atoms with Crippen LogP contribution in [0.4, 0.5) is 11.4 Å². The Morgan fingerprint density at radius 3 is 2.83 bits per heavy atom. The zero-order chi connectivity index (χ0) is 13.1. The maximum Gasteiger partial charge on any atom is 0.270 e. The average Bonchev–Trinajstić information content (AvgIpc) is 2.79. The molecule has 0 amide bonds. The normalized spacial score (nSPS) is 23.0. The minimum absolute atomic E-state index is 0.131. The number of nitrogens with zero attached hydrogens (tertiary/aromatic N) is 1. The molecule has 18 heavy (non-hydrogen) atoms. The summed E-state index contributed by atoms with van der Waals surface area (Å²) in [6.07, 6.45) is 3.46. The van der Waals surface area contributed by atoms with Crippen molar-refractivity contribution in [1.82, 2.24) is 0 Å². The van der Waals surface area contributed by atoms with E-state index in [9.17, 15) is 10.1 Å². The number of nitrogens with one attached hydrogen (secondary N) is 1. The largest absolute Gasteiger partial charge is 0.381 e. The summed E-state index contributed by atoms with van der Waals surface area (Å²) in [5.41, 5.74) is 1.09. The highest BCUT2D eigenvalue weighted by molar-refractivity contribution is 14.1. The monoisotopic (exact) mass is 362 g/mol. The molecule has 0 radical (unpaired) electrons. The maximum absolute atomic E-state index is 10.7. The summed E-state index contributed by atoms with van der Waals surface area (Å²) in [5, 5.41) is 14.1. The number of non-ortho nitro benzene ring substituents is 1. The highest BCUT2D eigenvalue weighted by atomic mass is 127. The molecule has 0 spiro atoms. The molecule has 1 saturated carbocycles. The van der Waals surface area contributed by atoms with E-state index in [0.29, 0.717) is 12.1 Å². The molecule has 98 valence electrons. The van der Waals surface area contributed by atoms with Crippen LogP contribution in [0.1, 0.15) is 19.3 Å². The second-order valence-electron chi connectivity index (χ2n) is 4.43. The first-order chi connectivity index (χ1) is 8.60. The Labute approximate surface area is 119 Å². The van der Waals surface area contributed by atoms with Crippen molar-refractivity contribution in [2.24, 2.45) is 0 Å². The van der Waals surface area contributed by atoms with Gasteiger partial charge in [-0.15, -0.1) is 0 Å². The molecule has 2 rings (SSSR count). The van der Waals surface area contributed by atoms with Crippen LogP contribution in [0.2, 0.25) is 0 Å². The van der Waals surface area contributed by atoms with Crippen LogP contribution in [0, 0.1) is 13.7 Å². The number of ether oxygens (including phenoxy) is 1. The molecular formula is C12H15IN2O3. The van der Waals surface area contributed by atoms with Crippen molar-refractivity contribution in [2.75, 3.05) is 12.4 Å². The quantitative estimate of drug-likeness (QED) is 0.508. The number of benzene rings is 1. The van der Waals surface area contributed by atoms with Crippen molar-refractivity contribution in [3.63, 3.8) is 0 Å². The molecule has 1 aromatic rings. The molecule has 1 aliphatic rings. The van der Waals surface area contributed by atoms with Gasteiger partial charge >= 0.3 is 0 Å². The second kappa shape index (κ2) is 5.83. The Morgan fingerprint density at radius 2 is 2.28 bits per heavy atom. The highest BCUT2D eigenvalue weighted by Crippen LogP contribution is 2.29. The minimum atomic E-state index is -0.373. The molecule has 0 saturated heterocycles. The molecule has 6 heteroatoms.